The Kier molecular flexibility index (Phi) is 10.5. The van der Waals surface area contributed by atoms with Crippen LogP contribution in [-0.4, -0.2) is 43.3 Å². The minimum absolute atomic E-state index is 0.0155. The quantitative estimate of drug-likeness (QED) is 0.277. The van der Waals surface area contributed by atoms with Gasteiger partial charge >= 0.3 is 0 Å². The third-order valence-electron chi connectivity index (χ3n) is 5.96. The minimum atomic E-state index is -4.26. The number of nitrogens with one attached hydrogen (secondary N) is 1. The Bertz CT molecular complexity index is 1440. The van der Waals surface area contributed by atoms with Crippen LogP contribution in [0.25, 0.3) is 0 Å². The van der Waals surface area contributed by atoms with E-state index < -0.39 is 34.1 Å². The monoisotopic (exact) mass is 623 g/mol. The lowest BCUT2D eigenvalue weighted by Gasteiger charge is -2.35. The van der Waals surface area contributed by atoms with Gasteiger partial charge in [0.15, 0.2) is 0 Å². The van der Waals surface area contributed by atoms with Gasteiger partial charge in [-0.1, -0.05) is 78.1 Å². The standard InChI is InChI=1S/C29H32Cl3N3O4S/c1-5-24(28(37)33-29(2,3)4)34(18-20-14-16-21(30)17-15-20)26(36)19-35(25-13-9-12-23(31)27(25)32)40(38,39)22-10-7-6-8-11-22/h6-17,24H,5,18-19H2,1-4H3,(H,33,37). The second-order valence-electron chi connectivity index (χ2n) is 10.2. The van der Waals surface area contributed by atoms with Gasteiger partial charge in [-0.3, -0.25) is 13.9 Å². The molecule has 0 aromatic heterocycles. The van der Waals surface area contributed by atoms with Crippen molar-refractivity contribution in [1.29, 1.82) is 0 Å². The largest absolute Gasteiger partial charge is 0.350 e. The number of hydrogen-bond acceptors (Lipinski definition) is 4. The average molecular weight is 625 g/mol. The Morgan fingerprint density at radius 2 is 1.52 bits per heavy atom. The summed E-state index contributed by atoms with van der Waals surface area (Å²) < 4.78 is 28.7. The SMILES string of the molecule is CCC(C(=O)NC(C)(C)C)N(Cc1ccc(Cl)cc1)C(=O)CN(c1cccc(Cl)c1Cl)S(=O)(=O)c1ccccc1. The molecule has 2 amide bonds. The topological polar surface area (TPSA) is 86.8 Å². The highest BCUT2D eigenvalue weighted by atomic mass is 35.5. The van der Waals surface area contributed by atoms with Crippen molar-refractivity contribution in [3.63, 3.8) is 0 Å². The van der Waals surface area contributed by atoms with E-state index in [1.54, 1.807) is 55.5 Å². The van der Waals surface area contributed by atoms with Crippen LogP contribution in [-0.2, 0) is 26.2 Å². The molecule has 7 nitrogen and oxygen atoms in total. The number of sulfonamides is 1. The molecule has 0 aliphatic rings. The zero-order chi connectivity index (χ0) is 29.7. The number of carbonyl (C=O) groups is 2. The van der Waals surface area contributed by atoms with Gasteiger partial charge in [0.2, 0.25) is 11.8 Å². The molecule has 3 rings (SSSR count). The van der Waals surface area contributed by atoms with Crippen molar-refractivity contribution < 1.29 is 18.0 Å². The van der Waals surface area contributed by atoms with E-state index in [-0.39, 0.29) is 33.1 Å². The average Bonchev–Trinajstić information content (AvgIpc) is 2.89. The maximum absolute atomic E-state index is 14.1. The van der Waals surface area contributed by atoms with Crippen molar-refractivity contribution in [2.45, 2.75) is 57.1 Å². The van der Waals surface area contributed by atoms with Crippen LogP contribution < -0.4 is 9.62 Å². The highest BCUT2D eigenvalue weighted by Gasteiger charge is 2.35. The summed E-state index contributed by atoms with van der Waals surface area (Å²) >= 11 is 18.8. The Morgan fingerprint density at radius 3 is 2.10 bits per heavy atom. The molecule has 1 atom stereocenters. The number of rotatable bonds is 10. The van der Waals surface area contributed by atoms with Crippen LogP contribution in [0.5, 0.6) is 0 Å². The molecular formula is C29H32Cl3N3O4S. The Hall–Kier alpha value is -2.78. The van der Waals surface area contributed by atoms with Gasteiger partial charge in [-0.05, 0) is 69.2 Å². The third-order valence-corrected chi connectivity index (χ3v) is 8.80. The summed E-state index contributed by atoms with van der Waals surface area (Å²) in [5.74, 6) is -0.947. The first kappa shape index (κ1) is 31.7. The van der Waals surface area contributed by atoms with Crippen LogP contribution in [0.3, 0.4) is 0 Å². The van der Waals surface area contributed by atoms with E-state index in [4.69, 9.17) is 34.8 Å². The van der Waals surface area contributed by atoms with E-state index >= 15 is 0 Å². The molecule has 0 aliphatic carbocycles. The number of benzene rings is 3. The van der Waals surface area contributed by atoms with Crippen molar-refractivity contribution >= 4 is 62.3 Å². The summed E-state index contributed by atoms with van der Waals surface area (Å²) in [4.78, 5) is 28.8. The van der Waals surface area contributed by atoms with Crippen LogP contribution in [0.1, 0.15) is 39.7 Å². The van der Waals surface area contributed by atoms with Gasteiger partial charge in [0.05, 0.1) is 20.6 Å². The van der Waals surface area contributed by atoms with Gasteiger partial charge in [-0.2, -0.15) is 0 Å². The van der Waals surface area contributed by atoms with Crippen molar-refractivity contribution in [1.82, 2.24) is 10.2 Å². The Morgan fingerprint density at radius 1 is 0.900 bits per heavy atom. The fraction of sp³-hybridized carbons (Fsp3) is 0.310. The zero-order valence-electron chi connectivity index (χ0n) is 22.7. The van der Waals surface area contributed by atoms with Crippen LogP contribution in [0.4, 0.5) is 5.69 Å². The predicted molar refractivity (Wildman–Crippen MR) is 161 cm³/mol. The van der Waals surface area contributed by atoms with Crippen LogP contribution in [0.15, 0.2) is 77.7 Å². The summed E-state index contributed by atoms with van der Waals surface area (Å²) in [7, 11) is -4.26. The Labute approximate surface area is 251 Å². The Balaban J connectivity index is 2.10. The van der Waals surface area contributed by atoms with Crippen molar-refractivity contribution in [3.05, 3.63) is 93.4 Å². The summed E-state index contributed by atoms with van der Waals surface area (Å²) in [6.45, 7) is 6.76. The lowest BCUT2D eigenvalue weighted by molar-refractivity contribution is -0.141. The highest BCUT2D eigenvalue weighted by Crippen LogP contribution is 2.35. The molecule has 11 heteroatoms. The molecule has 0 fully saturated rings. The third kappa shape index (κ3) is 7.91. The van der Waals surface area contributed by atoms with Crippen LogP contribution in [0, 0.1) is 0 Å². The second kappa shape index (κ2) is 13.3. The number of anilines is 1. The van der Waals surface area contributed by atoms with E-state index in [2.05, 4.69) is 5.32 Å². The second-order valence-corrected chi connectivity index (χ2v) is 13.3. The molecule has 0 radical (unpaired) electrons. The van der Waals surface area contributed by atoms with Gasteiger partial charge in [-0.15, -0.1) is 0 Å². The molecule has 1 unspecified atom stereocenters. The summed E-state index contributed by atoms with van der Waals surface area (Å²) in [6.07, 6.45) is 0.296. The molecule has 40 heavy (non-hydrogen) atoms. The molecular weight excluding hydrogens is 593 g/mol. The highest BCUT2D eigenvalue weighted by molar-refractivity contribution is 7.92. The first-order valence-corrected chi connectivity index (χ1v) is 15.2. The first-order valence-electron chi connectivity index (χ1n) is 12.6. The lowest BCUT2D eigenvalue weighted by Crippen LogP contribution is -2.55. The van der Waals surface area contributed by atoms with Crippen molar-refractivity contribution in [3.8, 4) is 0 Å². The predicted octanol–water partition coefficient (Wildman–Crippen LogP) is 6.56. The maximum Gasteiger partial charge on any atom is 0.264 e. The fourth-order valence-electron chi connectivity index (χ4n) is 4.08. The van der Waals surface area contributed by atoms with Crippen LogP contribution in [0.2, 0.25) is 15.1 Å². The minimum Gasteiger partial charge on any atom is -0.350 e. The van der Waals surface area contributed by atoms with Gasteiger partial charge in [0.25, 0.3) is 10.0 Å². The van der Waals surface area contributed by atoms with Gasteiger partial charge in [0, 0.05) is 17.1 Å². The van der Waals surface area contributed by atoms with Gasteiger partial charge in [0.1, 0.15) is 12.6 Å². The number of halogens is 3. The fourth-order valence-corrected chi connectivity index (χ4v) is 6.10. The van der Waals surface area contributed by atoms with E-state index in [9.17, 15) is 18.0 Å². The van der Waals surface area contributed by atoms with E-state index in [0.717, 1.165) is 9.87 Å². The lowest BCUT2D eigenvalue weighted by atomic mass is 10.1. The summed E-state index contributed by atoms with van der Waals surface area (Å²) in [5.41, 5.74) is 0.222. The molecule has 3 aromatic rings. The van der Waals surface area contributed by atoms with Gasteiger partial charge in [-0.25, -0.2) is 8.42 Å². The zero-order valence-corrected chi connectivity index (χ0v) is 25.8. The molecule has 0 heterocycles. The molecule has 3 aromatic carbocycles. The molecule has 0 aliphatic heterocycles. The van der Waals surface area contributed by atoms with E-state index in [0.29, 0.717) is 11.4 Å². The molecule has 214 valence electrons. The normalized spacial score (nSPS) is 12.5. The molecule has 0 spiro atoms. The summed E-state index contributed by atoms with van der Waals surface area (Å²) in [5, 5.41) is 3.57. The van der Waals surface area contributed by atoms with E-state index in [1.165, 1.54) is 29.2 Å². The molecule has 0 saturated carbocycles. The smallest absolute Gasteiger partial charge is 0.264 e. The van der Waals surface area contributed by atoms with Crippen LogP contribution >= 0.6 is 34.8 Å². The van der Waals surface area contributed by atoms with Gasteiger partial charge < -0.3 is 10.2 Å². The first-order chi connectivity index (χ1) is 18.7. The van der Waals surface area contributed by atoms with Crippen molar-refractivity contribution in [2.75, 3.05) is 10.8 Å². The number of hydrogen-bond donors (Lipinski definition) is 1. The molecule has 0 saturated heterocycles. The van der Waals surface area contributed by atoms with E-state index in [1.807, 2.05) is 20.8 Å². The number of carbonyl (C=O) groups excluding carboxylic acids is 2. The summed E-state index contributed by atoms with van der Waals surface area (Å²) in [6, 6.07) is 18.3. The molecule has 1 N–H and O–H groups in total. The van der Waals surface area contributed by atoms with Crippen molar-refractivity contribution in [2.24, 2.45) is 0 Å². The maximum atomic E-state index is 14.1. The molecule has 0 bridgehead atoms. The number of amides is 2. The number of nitrogens with zero attached hydrogens (tertiary/aromatic N) is 2.